The van der Waals surface area contributed by atoms with Crippen molar-refractivity contribution in [1.82, 2.24) is 14.7 Å². The minimum atomic E-state index is 0.651. The molecule has 0 saturated heterocycles. The van der Waals surface area contributed by atoms with Crippen molar-refractivity contribution >= 4 is 33.6 Å². The molecule has 20 heavy (non-hydrogen) atoms. The van der Waals surface area contributed by atoms with E-state index in [1.807, 2.05) is 20.2 Å². The zero-order valence-electron chi connectivity index (χ0n) is 11.4. The smallest absolute Gasteiger partial charge is 0.141 e. The van der Waals surface area contributed by atoms with Crippen molar-refractivity contribution in [3.8, 4) is 11.1 Å². The van der Waals surface area contributed by atoms with E-state index in [0.29, 0.717) is 6.04 Å². The number of rotatable bonds is 2. The fourth-order valence-corrected chi connectivity index (χ4v) is 3.68. The van der Waals surface area contributed by atoms with Crippen LogP contribution in [0.25, 0.3) is 22.2 Å². The van der Waals surface area contributed by atoms with Gasteiger partial charge in [0.2, 0.25) is 0 Å². The first kappa shape index (κ1) is 12.4. The summed E-state index contributed by atoms with van der Waals surface area (Å²) >= 11 is 2.40. The molecule has 0 amide bonds. The Morgan fingerprint density at radius 3 is 2.75 bits per heavy atom. The van der Waals surface area contributed by atoms with E-state index in [2.05, 4.69) is 49.4 Å². The van der Waals surface area contributed by atoms with E-state index in [0.717, 1.165) is 28.1 Å². The van der Waals surface area contributed by atoms with Crippen LogP contribution in [0.1, 0.15) is 30.3 Å². The standard InChI is InChI=1S/C15H14IN3O/c1-8-14(9(2)20-18-8)10-5-12(16)15-13(6-10)17-7-19(15)11-3-4-11/h5-7,11H,3-4H2,1-2H3. The van der Waals surface area contributed by atoms with Gasteiger partial charge in [0, 0.05) is 15.2 Å². The number of aromatic nitrogens is 3. The van der Waals surface area contributed by atoms with Gasteiger partial charge in [-0.05, 0) is 67.0 Å². The number of benzene rings is 1. The van der Waals surface area contributed by atoms with E-state index < -0.39 is 0 Å². The molecule has 1 fully saturated rings. The van der Waals surface area contributed by atoms with E-state index in [1.165, 1.54) is 21.9 Å². The molecule has 0 atom stereocenters. The van der Waals surface area contributed by atoms with E-state index in [1.54, 1.807) is 0 Å². The third kappa shape index (κ3) is 1.79. The van der Waals surface area contributed by atoms with Gasteiger partial charge in [0.25, 0.3) is 0 Å². The number of nitrogens with zero attached hydrogens (tertiary/aromatic N) is 3. The molecule has 1 saturated carbocycles. The van der Waals surface area contributed by atoms with Crippen LogP contribution in [0.5, 0.6) is 0 Å². The second-order valence-electron chi connectivity index (χ2n) is 5.41. The van der Waals surface area contributed by atoms with Gasteiger partial charge >= 0.3 is 0 Å². The summed E-state index contributed by atoms with van der Waals surface area (Å²) in [5.74, 6) is 0.860. The molecule has 1 aliphatic carbocycles. The molecule has 2 aromatic heterocycles. The number of hydrogen-bond acceptors (Lipinski definition) is 3. The summed E-state index contributed by atoms with van der Waals surface area (Å²) < 4.78 is 8.83. The molecule has 0 radical (unpaired) electrons. The molecule has 0 aliphatic heterocycles. The van der Waals surface area contributed by atoms with Gasteiger partial charge in [-0.1, -0.05) is 5.16 Å². The molecular weight excluding hydrogens is 365 g/mol. The second-order valence-corrected chi connectivity index (χ2v) is 6.57. The highest BCUT2D eigenvalue weighted by Crippen LogP contribution is 2.39. The molecule has 1 aromatic carbocycles. The monoisotopic (exact) mass is 379 g/mol. The molecule has 0 N–H and O–H groups in total. The first-order valence-corrected chi connectivity index (χ1v) is 7.82. The summed E-state index contributed by atoms with van der Waals surface area (Å²) in [6, 6.07) is 5.00. The molecule has 1 aliphatic rings. The predicted molar refractivity (Wildman–Crippen MR) is 85.7 cm³/mol. The molecule has 0 unspecified atom stereocenters. The zero-order chi connectivity index (χ0) is 13.9. The van der Waals surface area contributed by atoms with Crippen LogP contribution in [0, 0.1) is 17.4 Å². The van der Waals surface area contributed by atoms with Gasteiger partial charge in [-0.15, -0.1) is 0 Å². The average Bonchev–Trinajstić information content (AvgIpc) is 3.08. The van der Waals surface area contributed by atoms with Crippen LogP contribution in [0.3, 0.4) is 0 Å². The van der Waals surface area contributed by atoms with E-state index in [4.69, 9.17) is 4.52 Å². The van der Waals surface area contributed by atoms with Crippen molar-refractivity contribution in [3.63, 3.8) is 0 Å². The van der Waals surface area contributed by atoms with Crippen molar-refractivity contribution < 1.29 is 4.52 Å². The molecule has 2 heterocycles. The number of halogens is 1. The molecule has 3 aromatic rings. The lowest BCUT2D eigenvalue weighted by Crippen LogP contribution is -1.93. The summed E-state index contributed by atoms with van der Waals surface area (Å²) in [4.78, 5) is 4.58. The Hall–Kier alpha value is -1.37. The van der Waals surface area contributed by atoms with E-state index in [9.17, 15) is 0 Å². The first-order chi connectivity index (χ1) is 9.65. The number of fused-ring (bicyclic) bond motifs is 1. The van der Waals surface area contributed by atoms with Crippen LogP contribution in [0.15, 0.2) is 23.0 Å². The van der Waals surface area contributed by atoms with Crippen LogP contribution < -0.4 is 0 Å². The predicted octanol–water partition coefficient (Wildman–Crippen LogP) is 4.25. The largest absolute Gasteiger partial charge is 0.361 e. The molecule has 0 spiro atoms. The van der Waals surface area contributed by atoms with Crippen LogP contribution in [-0.2, 0) is 0 Å². The van der Waals surface area contributed by atoms with Crippen LogP contribution in [0.4, 0.5) is 0 Å². The van der Waals surface area contributed by atoms with Gasteiger partial charge in [0.15, 0.2) is 0 Å². The minimum Gasteiger partial charge on any atom is -0.361 e. The maximum atomic E-state index is 5.28. The van der Waals surface area contributed by atoms with Gasteiger partial charge < -0.3 is 9.09 Å². The fourth-order valence-electron chi connectivity index (χ4n) is 2.79. The highest BCUT2D eigenvalue weighted by molar-refractivity contribution is 14.1. The summed E-state index contributed by atoms with van der Waals surface area (Å²) in [7, 11) is 0. The maximum absolute atomic E-state index is 5.28. The lowest BCUT2D eigenvalue weighted by atomic mass is 10.0. The molecule has 0 bridgehead atoms. The topological polar surface area (TPSA) is 43.9 Å². The van der Waals surface area contributed by atoms with Crippen molar-refractivity contribution in [3.05, 3.63) is 33.5 Å². The van der Waals surface area contributed by atoms with Crippen LogP contribution >= 0.6 is 22.6 Å². The zero-order valence-corrected chi connectivity index (χ0v) is 13.5. The summed E-state index contributed by atoms with van der Waals surface area (Å²) in [6.45, 7) is 3.93. The van der Waals surface area contributed by atoms with Crippen molar-refractivity contribution in [1.29, 1.82) is 0 Å². The molecule has 5 heteroatoms. The third-order valence-electron chi connectivity index (χ3n) is 3.89. The minimum absolute atomic E-state index is 0.651. The Morgan fingerprint density at radius 1 is 1.30 bits per heavy atom. The lowest BCUT2D eigenvalue weighted by molar-refractivity contribution is 0.393. The third-order valence-corrected chi connectivity index (χ3v) is 4.71. The Balaban J connectivity index is 1.95. The van der Waals surface area contributed by atoms with Gasteiger partial charge in [-0.2, -0.15) is 0 Å². The molecular formula is C15H14IN3O. The molecule has 4 rings (SSSR count). The maximum Gasteiger partial charge on any atom is 0.141 e. The highest BCUT2D eigenvalue weighted by atomic mass is 127. The van der Waals surface area contributed by atoms with Gasteiger partial charge in [-0.3, -0.25) is 0 Å². The van der Waals surface area contributed by atoms with Crippen LogP contribution in [-0.4, -0.2) is 14.7 Å². The first-order valence-electron chi connectivity index (χ1n) is 6.74. The van der Waals surface area contributed by atoms with Gasteiger partial charge in [0.05, 0.1) is 23.1 Å². The van der Waals surface area contributed by atoms with E-state index in [-0.39, 0.29) is 0 Å². The quantitative estimate of drug-likeness (QED) is 0.626. The van der Waals surface area contributed by atoms with Crippen molar-refractivity contribution in [2.75, 3.05) is 0 Å². The van der Waals surface area contributed by atoms with Crippen molar-refractivity contribution in [2.45, 2.75) is 32.7 Å². The normalized spacial score (nSPS) is 15.2. The Bertz CT molecular complexity index is 794. The van der Waals surface area contributed by atoms with Gasteiger partial charge in [0.1, 0.15) is 5.76 Å². The van der Waals surface area contributed by atoms with E-state index >= 15 is 0 Å². The number of aryl methyl sites for hydroxylation is 2. The summed E-state index contributed by atoms with van der Waals surface area (Å²) in [6.07, 6.45) is 4.52. The Kier molecular flexibility index (Phi) is 2.67. The lowest BCUT2D eigenvalue weighted by Gasteiger charge is -2.06. The fraction of sp³-hybridized carbons (Fsp3) is 0.333. The Morgan fingerprint density at radius 2 is 2.10 bits per heavy atom. The average molecular weight is 379 g/mol. The number of imidazole rings is 1. The molecule has 4 nitrogen and oxygen atoms in total. The SMILES string of the molecule is Cc1noc(C)c1-c1cc(I)c2c(c1)ncn2C1CC1. The highest BCUT2D eigenvalue weighted by Gasteiger charge is 2.26. The van der Waals surface area contributed by atoms with Gasteiger partial charge in [-0.25, -0.2) is 4.98 Å². The second kappa shape index (κ2) is 4.31. The molecule has 102 valence electrons. The Labute approximate surface area is 130 Å². The summed E-state index contributed by atoms with van der Waals surface area (Å²) in [5, 5.41) is 4.04. The number of hydrogen-bond donors (Lipinski definition) is 0. The van der Waals surface area contributed by atoms with Crippen molar-refractivity contribution in [2.24, 2.45) is 0 Å². The van der Waals surface area contributed by atoms with Crippen LogP contribution in [0.2, 0.25) is 0 Å². The summed E-state index contributed by atoms with van der Waals surface area (Å²) in [5.41, 5.74) is 5.46.